The summed E-state index contributed by atoms with van der Waals surface area (Å²) >= 11 is 0. The lowest BCUT2D eigenvalue weighted by molar-refractivity contribution is 0.0696. The van der Waals surface area contributed by atoms with Crippen LogP contribution in [0.2, 0.25) is 0 Å². The number of carboxylic acids is 1. The van der Waals surface area contributed by atoms with Crippen molar-refractivity contribution in [2.75, 3.05) is 18.0 Å². The van der Waals surface area contributed by atoms with Crippen LogP contribution >= 0.6 is 0 Å². The van der Waals surface area contributed by atoms with Gasteiger partial charge >= 0.3 is 5.97 Å². The number of nitrogens with zero attached hydrogens (tertiary/aromatic N) is 1. The highest BCUT2D eigenvalue weighted by Gasteiger charge is 2.28. The van der Waals surface area contributed by atoms with Gasteiger partial charge in [0.15, 0.2) is 0 Å². The zero-order chi connectivity index (χ0) is 23.7. The molecule has 0 aliphatic carbocycles. The number of para-hydroxylation sites is 2. The number of carbonyl (C=O) groups is 1. The highest BCUT2D eigenvalue weighted by Crippen LogP contribution is 2.38. The highest BCUT2D eigenvalue weighted by atomic mass is 19.1. The highest BCUT2D eigenvalue weighted by molar-refractivity contribution is 5.89. The van der Waals surface area contributed by atoms with E-state index < -0.39 is 11.8 Å². The van der Waals surface area contributed by atoms with Gasteiger partial charge in [0, 0.05) is 18.3 Å². The molecule has 0 amide bonds. The number of nitrogens with one attached hydrogen (secondary N) is 1. The fraction of sp³-hybridized carbons (Fsp3) is 0.179. The number of halogens is 1. The topological polar surface area (TPSA) is 61.8 Å². The Morgan fingerprint density at radius 2 is 1.85 bits per heavy atom. The molecule has 0 spiro atoms. The second-order valence-corrected chi connectivity index (χ2v) is 8.52. The Labute approximate surface area is 197 Å². The van der Waals surface area contributed by atoms with Crippen LogP contribution in [0.1, 0.15) is 28.9 Å². The maximum Gasteiger partial charge on any atom is 0.335 e. The monoisotopic (exact) mass is 456 g/mol. The molecular weight excluding hydrogens is 431 g/mol. The number of benzene rings is 4. The third-order valence-electron chi connectivity index (χ3n) is 6.22. The molecule has 1 aliphatic heterocycles. The van der Waals surface area contributed by atoms with E-state index in [0.29, 0.717) is 24.5 Å². The lowest BCUT2D eigenvalue weighted by Crippen LogP contribution is -2.44. The van der Waals surface area contributed by atoms with E-state index in [1.807, 2.05) is 41.3 Å². The molecule has 6 heteroatoms. The maximum atomic E-state index is 14.3. The van der Waals surface area contributed by atoms with E-state index in [0.717, 1.165) is 11.8 Å². The SMILES string of the molecule is C[C@@H](NCC1CN(c2cc(F)cc(C(=O)O)c2)c2ccccc2O1)c1cccc2ccccc12. The van der Waals surface area contributed by atoms with E-state index in [1.165, 1.54) is 28.5 Å². The van der Waals surface area contributed by atoms with Crippen LogP contribution < -0.4 is 15.0 Å². The first kappa shape index (κ1) is 21.9. The molecule has 4 aromatic rings. The van der Waals surface area contributed by atoms with Gasteiger partial charge < -0.3 is 20.1 Å². The van der Waals surface area contributed by atoms with Gasteiger partial charge in [0.2, 0.25) is 0 Å². The largest absolute Gasteiger partial charge is 0.485 e. The summed E-state index contributed by atoms with van der Waals surface area (Å²) in [4.78, 5) is 13.4. The smallest absolute Gasteiger partial charge is 0.335 e. The number of rotatable bonds is 6. The molecule has 2 atom stereocenters. The molecule has 5 nitrogen and oxygen atoms in total. The summed E-state index contributed by atoms with van der Waals surface area (Å²) < 4.78 is 20.5. The predicted molar refractivity (Wildman–Crippen MR) is 132 cm³/mol. The summed E-state index contributed by atoms with van der Waals surface area (Å²) in [5.41, 5.74) is 2.39. The molecule has 5 rings (SSSR count). The van der Waals surface area contributed by atoms with Gasteiger partial charge in [-0.05, 0) is 53.6 Å². The molecule has 172 valence electrons. The normalized spacial score (nSPS) is 16.1. The van der Waals surface area contributed by atoms with Crippen molar-refractivity contribution >= 4 is 28.1 Å². The van der Waals surface area contributed by atoms with Gasteiger partial charge in [-0.25, -0.2) is 9.18 Å². The first-order valence-corrected chi connectivity index (χ1v) is 11.3. The summed E-state index contributed by atoms with van der Waals surface area (Å²) in [7, 11) is 0. The van der Waals surface area contributed by atoms with Crippen LogP contribution in [0.25, 0.3) is 10.8 Å². The summed E-state index contributed by atoms with van der Waals surface area (Å²) in [5, 5.41) is 15.4. The second kappa shape index (κ2) is 9.15. The number of hydrogen-bond donors (Lipinski definition) is 2. The van der Waals surface area contributed by atoms with Crippen LogP contribution in [0.5, 0.6) is 5.75 Å². The van der Waals surface area contributed by atoms with E-state index >= 15 is 0 Å². The summed E-state index contributed by atoms with van der Waals surface area (Å²) in [6.07, 6.45) is -0.219. The van der Waals surface area contributed by atoms with Gasteiger partial charge in [0.25, 0.3) is 0 Å². The molecule has 4 aromatic carbocycles. The van der Waals surface area contributed by atoms with Crippen molar-refractivity contribution < 1.29 is 19.0 Å². The van der Waals surface area contributed by atoms with Crippen LogP contribution in [0.4, 0.5) is 15.8 Å². The summed E-state index contributed by atoms with van der Waals surface area (Å²) in [5.74, 6) is -1.07. The van der Waals surface area contributed by atoms with Crippen LogP contribution in [0, 0.1) is 5.82 Å². The predicted octanol–water partition coefficient (Wildman–Crippen LogP) is 5.93. The van der Waals surface area contributed by atoms with Gasteiger partial charge in [-0.3, -0.25) is 0 Å². The summed E-state index contributed by atoms with van der Waals surface area (Å²) in [6.45, 7) is 3.15. The van der Waals surface area contributed by atoms with Gasteiger partial charge in [-0.2, -0.15) is 0 Å². The number of fused-ring (bicyclic) bond motifs is 2. The van der Waals surface area contributed by atoms with Crippen molar-refractivity contribution in [1.29, 1.82) is 0 Å². The minimum atomic E-state index is -1.16. The van der Waals surface area contributed by atoms with E-state index in [1.54, 1.807) is 0 Å². The Morgan fingerprint density at radius 3 is 2.71 bits per heavy atom. The van der Waals surface area contributed by atoms with E-state index in [-0.39, 0.29) is 17.7 Å². The van der Waals surface area contributed by atoms with Crippen molar-refractivity contribution in [3.05, 3.63) is 102 Å². The Bertz CT molecular complexity index is 1350. The number of aromatic carboxylic acids is 1. The Hall–Kier alpha value is -3.90. The van der Waals surface area contributed by atoms with E-state index in [2.05, 4.69) is 42.6 Å². The minimum Gasteiger partial charge on any atom is -0.485 e. The first-order valence-electron chi connectivity index (χ1n) is 11.3. The summed E-state index contributed by atoms with van der Waals surface area (Å²) in [6, 6.07) is 26.1. The molecule has 0 fully saturated rings. The molecule has 1 heterocycles. The van der Waals surface area contributed by atoms with Crippen LogP contribution in [-0.4, -0.2) is 30.3 Å². The fourth-order valence-corrected chi connectivity index (χ4v) is 4.55. The quantitative estimate of drug-likeness (QED) is 0.377. The average Bonchev–Trinajstić information content (AvgIpc) is 2.86. The molecule has 0 radical (unpaired) electrons. The van der Waals surface area contributed by atoms with Gasteiger partial charge in [-0.15, -0.1) is 0 Å². The second-order valence-electron chi connectivity index (χ2n) is 8.52. The van der Waals surface area contributed by atoms with Crippen molar-refractivity contribution in [2.45, 2.75) is 19.1 Å². The van der Waals surface area contributed by atoms with Crippen LogP contribution in [-0.2, 0) is 0 Å². The molecule has 0 aromatic heterocycles. The van der Waals surface area contributed by atoms with Crippen molar-refractivity contribution in [2.24, 2.45) is 0 Å². The lowest BCUT2D eigenvalue weighted by Gasteiger charge is -2.37. The number of carboxylic acid groups (broad SMARTS) is 1. The molecule has 1 aliphatic rings. The lowest BCUT2D eigenvalue weighted by atomic mass is 9.99. The Kier molecular flexibility index (Phi) is 5.90. The molecule has 2 N–H and O–H groups in total. The third-order valence-corrected chi connectivity index (χ3v) is 6.22. The van der Waals surface area contributed by atoms with Crippen LogP contribution in [0.3, 0.4) is 0 Å². The Balaban J connectivity index is 1.39. The van der Waals surface area contributed by atoms with E-state index in [4.69, 9.17) is 4.74 Å². The zero-order valence-corrected chi connectivity index (χ0v) is 18.7. The van der Waals surface area contributed by atoms with Gasteiger partial charge in [0.05, 0.1) is 17.8 Å². The first-order chi connectivity index (χ1) is 16.5. The van der Waals surface area contributed by atoms with E-state index in [9.17, 15) is 14.3 Å². The Morgan fingerprint density at radius 1 is 1.09 bits per heavy atom. The maximum absolute atomic E-state index is 14.3. The third kappa shape index (κ3) is 4.32. The van der Waals surface area contributed by atoms with Gasteiger partial charge in [0.1, 0.15) is 17.7 Å². The van der Waals surface area contributed by atoms with Gasteiger partial charge in [-0.1, -0.05) is 54.6 Å². The molecule has 0 bridgehead atoms. The molecule has 0 saturated carbocycles. The molecule has 1 unspecified atom stereocenters. The van der Waals surface area contributed by atoms with Crippen molar-refractivity contribution in [1.82, 2.24) is 5.32 Å². The van der Waals surface area contributed by atoms with Crippen molar-refractivity contribution in [3.8, 4) is 5.75 Å². The number of hydrogen-bond acceptors (Lipinski definition) is 4. The standard InChI is InChI=1S/C28H25FN2O3/c1-18(24-10-6-8-19-7-2-3-9-25(19)24)30-16-23-17-31(26-11-4-5-12-27(26)34-23)22-14-20(28(32)33)13-21(29)15-22/h2-15,18,23,30H,16-17H2,1H3,(H,32,33)/t18-,23?/m1/s1. The molecular formula is C28H25FN2O3. The fourth-order valence-electron chi connectivity index (χ4n) is 4.55. The molecule has 34 heavy (non-hydrogen) atoms. The van der Waals surface area contributed by atoms with Crippen LogP contribution in [0.15, 0.2) is 84.9 Å². The molecule has 0 saturated heterocycles. The average molecular weight is 457 g/mol. The van der Waals surface area contributed by atoms with Crippen molar-refractivity contribution in [3.63, 3.8) is 0 Å². The number of anilines is 2. The zero-order valence-electron chi connectivity index (χ0n) is 18.7. The number of ether oxygens (including phenoxy) is 1. The minimum absolute atomic E-state index is 0.0850.